The number of nitrogens with zero attached hydrogens (tertiary/aromatic N) is 2. The number of hydrogen-bond donors (Lipinski definition) is 0. The summed E-state index contributed by atoms with van der Waals surface area (Å²) in [5.74, 6) is 0. The van der Waals surface area contributed by atoms with Crippen molar-refractivity contribution < 1.29 is 0 Å². The first-order chi connectivity index (χ1) is 9.72. The maximum atomic E-state index is 6.00. The van der Waals surface area contributed by atoms with Crippen LogP contribution in [0, 0.1) is 0 Å². The molecule has 20 heavy (non-hydrogen) atoms. The van der Waals surface area contributed by atoms with E-state index in [9.17, 15) is 0 Å². The Morgan fingerprint density at radius 1 is 1.10 bits per heavy atom. The van der Waals surface area contributed by atoms with Crippen molar-refractivity contribution in [1.29, 1.82) is 0 Å². The molecule has 3 aromatic rings. The van der Waals surface area contributed by atoms with E-state index in [4.69, 9.17) is 11.6 Å². The summed E-state index contributed by atoms with van der Waals surface area (Å²) in [6, 6.07) is 16.0. The Hall–Kier alpha value is -1.58. The Balaban J connectivity index is 1.86. The molecule has 100 valence electrons. The van der Waals surface area contributed by atoms with Crippen LogP contribution in [-0.4, -0.2) is 9.78 Å². The number of aromatic nitrogens is 2. The Morgan fingerprint density at radius 2 is 1.95 bits per heavy atom. The lowest BCUT2D eigenvalue weighted by Gasteiger charge is -2.02. The minimum absolute atomic E-state index is 0.713. The van der Waals surface area contributed by atoms with E-state index in [0.717, 1.165) is 26.2 Å². The van der Waals surface area contributed by atoms with Crippen LogP contribution < -0.4 is 0 Å². The summed E-state index contributed by atoms with van der Waals surface area (Å²) in [4.78, 5) is 0. The Kier molecular flexibility index (Phi) is 3.90. The van der Waals surface area contributed by atoms with Crippen molar-refractivity contribution in [2.45, 2.75) is 6.54 Å². The van der Waals surface area contributed by atoms with Gasteiger partial charge in [-0.2, -0.15) is 5.10 Å². The number of benzene rings is 2. The molecule has 0 radical (unpaired) electrons. The first kappa shape index (κ1) is 13.4. The van der Waals surface area contributed by atoms with Gasteiger partial charge in [-0.1, -0.05) is 57.9 Å². The molecular weight excluding hydrogens is 336 g/mol. The van der Waals surface area contributed by atoms with E-state index in [1.165, 1.54) is 0 Å². The Bertz CT molecular complexity index is 737. The van der Waals surface area contributed by atoms with Crippen LogP contribution in [-0.2, 0) is 6.54 Å². The summed E-state index contributed by atoms with van der Waals surface area (Å²) in [6.45, 7) is 0.713. The summed E-state index contributed by atoms with van der Waals surface area (Å²) < 4.78 is 2.99. The van der Waals surface area contributed by atoms with Crippen molar-refractivity contribution in [3.05, 3.63) is 76.0 Å². The van der Waals surface area contributed by atoms with E-state index < -0.39 is 0 Å². The van der Waals surface area contributed by atoms with E-state index in [0.29, 0.717) is 6.54 Å². The Morgan fingerprint density at radius 3 is 2.75 bits per heavy atom. The Labute approximate surface area is 131 Å². The number of hydrogen-bond acceptors (Lipinski definition) is 1. The van der Waals surface area contributed by atoms with Crippen molar-refractivity contribution in [2.24, 2.45) is 0 Å². The van der Waals surface area contributed by atoms with E-state index in [2.05, 4.69) is 27.1 Å². The van der Waals surface area contributed by atoms with Gasteiger partial charge in [0.2, 0.25) is 0 Å². The summed E-state index contributed by atoms with van der Waals surface area (Å²) in [5, 5.41) is 5.16. The van der Waals surface area contributed by atoms with Crippen molar-refractivity contribution in [2.75, 3.05) is 0 Å². The van der Waals surface area contributed by atoms with E-state index in [-0.39, 0.29) is 0 Å². The number of halogens is 2. The van der Waals surface area contributed by atoms with E-state index >= 15 is 0 Å². The number of rotatable bonds is 3. The van der Waals surface area contributed by atoms with Gasteiger partial charge < -0.3 is 0 Å². The predicted molar refractivity (Wildman–Crippen MR) is 85.9 cm³/mol. The molecule has 0 aliphatic heterocycles. The van der Waals surface area contributed by atoms with E-state index in [1.807, 2.05) is 59.5 Å². The monoisotopic (exact) mass is 346 g/mol. The molecular formula is C16H12BrClN2. The molecule has 0 atom stereocenters. The van der Waals surface area contributed by atoms with Crippen LogP contribution in [0.15, 0.2) is 65.4 Å². The van der Waals surface area contributed by atoms with Gasteiger partial charge in [0.05, 0.1) is 12.7 Å². The highest BCUT2D eigenvalue weighted by Gasteiger charge is 2.05. The molecule has 0 saturated heterocycles. The van der Waals surface area contributed by atoms with Crippen LogP contribution in [0.5, 0.6) is 0 Å². The quantitative estimate of drug-likeness (QED) is 0.651. The van der Waals surface area contributed by atoms with Gasteiger partial charge in [-0.05, 0) is 29.3 Å². The molecule has 2 nitrogen and oxygen atoms in total. The predicted octanol–water partition coefficient (Wildman–Crippen LogP) is 5.01. The van der Waals surface area contributed by atoms with Crippen LogP contribution in [0.1, 0.15) is 5.56 Å². The average molecular weight is 348 g/mol. The summed E-state index contributed by atoms with van der Waals surface area (Å²) >= 11 is 9.56. The van der Waals surface area contributed by atoms with Gasteiger partial charge in [0.25, 0.3) is 0 Å². The van der Waals surface area contributed by atoms with Crippen molar-refractivity contribution >= 4 is 27.5 Å². The molecule has 0 amide bonds. The standard InChI is InChI=1S/C16H12BrClN2/c17-16-7-2-1-6-15(16)13-9-19-20(11-13)10-12-4-3-5-14(18)8-12/h1-9,11H,10H2. The molecule has 1 heterocycles. The molecule has 0 spiro atoms. The third-order valence-corrected chi connectivity index (χ3v) is 3.98. The maximum Gasteiger partial charge on any atom is 0.0660 e. The summed E-state index contributed by atoms with van der Waals surface area (Å²) in [6.07, 6.45) is 3.92. The third kappa shape index (κ3) is 2.94. The molecule has 0 bridgehead atoms. The SMILES string of the molecule is Clc1cccc(Cn2cc(-c3ccccc3Br)cn2)c1. The molecule has 1 aromatic heterocycles. The highest BCUT2D eigenvalue weighted by molar-refractivity contribution is 9.10. The lowest BCUT2D eigenvalue weighted by Crippen LogP contribution is -1.99. The van der Waals surface area contributed by atoms with Gasteiger partial charge >= 0.3 is 0 Å². The van der Waals surface area contributed by atoms with Crippen LogP contribution in [0.25, 0.3) is 11.1 Å². The zero-order valence-corrected chi connectivity index (χ0v) is 13.0. The average Bonchev–Trinajstić information content (AvgIpc) is 2.87. The van der Waals surface area contributed by atoms with Crippen molar-refractivity contribution in [3.8, 4) is 11.1 Å². The van der Waals surface area contributed by atoms with Gasteiger partial charge in [-0.25, -0.2) is 0 Å². The summed E-state index contributed by atoms with van der Waals surface area (Å²) in [5.41, 5.74) is 3.38. The maximum absolute atomic E-state index is 6.00. The summed E-state index contributed by atoms with van der Waals surface area (Å²) in [7, 11) is 0. The zero-order valence-electron chi connectivity index (χ0n) is 10.6. The fourth-order valence-electron chi connectivity index (χ4n) is 2.11. The second-order valence-corrected chi connectivity index (χ2v) is 5.83. The topological polar surface area (TPSA) is 17.8 Å². The van der Waals surface area contributed by atoms with Gasteiger partial charge in [0.1, 0.15) is 0 Å². The third-order valence-electron chi connectivity index (χ3n) is 3.05. The molecule has 2 aromatic carbocycles. The first-order valence-corrected chi connectivity index (χ1v) is 7.41. The lowest BCUT2D eigenvalue weighted by molar-refractivity contribution is 0.687. The second-order valence-electron chi connectivity index (χ2n) is 4.54. The van der Waals surface area contributed by atoms with Crippen LogP contribution >= 0.6 is 27.5 Å². The molecule has 0 aliphatic rings. The fourth-order valence-corrected chi connectivity index (χ4v) is 2.83. The van der Waals surface area contributed by atoms with Gasteiger partial charge in [0, 0.05) is 21.3 Å². The minimum atomic E-state index is 0.713. The highest BCUT2D eigenvalue weighted by atomic mass is 79.9. The largest absolute Gasteiger partial charge is 0.268 e. The molecule has 0 fully saturated rings. The fraction of sp³-hybridized carbons (Fsp3) is 0.0625. The van der Waals surface area contributed by atoms with Crippen molar-refractivity contribution in [1.82, 2.24) is 9.78 Å². The van der Waals surface area contributed by atoms with Crippen LogP contribution in [0.4, 0.5) is 0 Å². The first-order valence-electron chi connectivity index (χ1n) is 6.24. The molecule has 4 heteroatoms. The lowest BCUT2D eigenvalue weighted by atomic mass is 10.1. The molecule has 0 saturated carbocycles. The van der Waals surface area contributed by atoms with Crippen LogP contribution in [0.3, 0.4) is 0 Å². The van der Waals surface area contributed by atoms with Gasteiger partial charge in [0.15, 0.2) is 0 Å². The molecule has 0 N–H and O–H groups in total. The van der Waals surface area contributed by atoms with E-state index in [1.54, 1.807) is 0 Å². The van der Waals surface area contributed by atoms with Crippen LogP contribution in [0.2, 0.25) is 5.02 Å². The second kappa shape index (κ2) is 5.81. The van der Waals surface area contributed by atoms with Gasteiger partial charge in [-0.15, -0.1) is 0 Å². The molecule has 3 rings (SSSR count). The zero-order chi connectivity index (χ0) is 13.9. The molecule has 0 aliphatic carbocycles. The van der Waals surface area contributed by atoms with Crippen molar-refractivity contribution in [3.63, 3.8) is 0 Å². The normalized spacial score (nSPS) is 10.7. The highest BCUT2D eigenvalue weighted by Crippen LogP contribution is 2.27. The minimum Gasteiger partial charge on any atom is -0.268 e. The molecule has 0 unspecified atom stereocenters. The smallest absolute Gasteiger partial charge is 0.0660 e. The van der Waals surface area contributed by atoms with Gasteiger partial charge in [-0.3, -0.25) is 4.68 Å².